The molecule has 0 saturated heterocycles. The highest BCUT2D eigenvalue weighted by molar-refractivity contribution is 5.96. The number of carboxylic acid groups (broad SMARTS) is 1. The lowest BCUT2D eigenvalue weighted by Gasteiger charge is -2.13. The largest absolute Gasteiger partial charge is 0.507 e. The molecule has 0 heterocycles. The van der Waals surface area contributed by atoms with Gasteiger partial charge in [0.25, 0.3) is 0 Å². The lowest BCUT2D eigenvalue weighted by Crippen LogP contribution is -2.07. The van der Waals surface area contributed by atoms with E-state index in [4.69, 9.17) is 4.74 Å². The highest BCUT2D eigenvalue weighted by Crippen LogP contribution is 2.30. The van der Waals surface area contributed by atoms with Gasteiger partial charge in [0, 0.05) is 6.07 Å². The molecule has 0 atom stereocenters. The Bertz CT molecular complexity index is 733. The van der Waals surface area contributed by atoms with Crippen LogP contribution in [0, 0.1) is 5.82 Å². The molecule has 2 aromatic carbocycles. The summed E-state index contributed by atoms with van der Waals surface area (Å²) < 4.78 is 18.4. The summed E-state index contributed by atoms with van der Waals surface area (Å²) in [4.78, 5) is 11.3. The highest BCUT2D eigenvalue weighted by atomic mass is 19.1. The molecule has 0 saturated carbocycles. The predicted molar refractivity (Wildman–Crippen MR) is 86.2 cm³/mol. The fraction of sp³-hybridized carbons (Fsp3) is 0.167. The third kappa shape index (κ3) is 4.32. The average Bonchev–Trinajstić information content (AvgIpc) is 2.45. The van der Waals surface area contributed by atoms with E-state index in [1.165, 1.54) is 18.2 Å². The Hall–Kier alpha value is -2.82. The minimum Gasteiger partial charge on any atom is -0.507 e. The third-order valence-electron chi connectivity index (χ3n) is 3.03. The van der Waals surface area contributed by atoms with E-state index >= 15 is 0 Å². The first kappa shape index (κ1) is 16.5. The monoisotopic (exact) mass is 316 g/mol. The van der Waals surface area contributed by atoms with Crippen LogP contribution in [-0.4, -0.2) is 22.3 Å². The minimum absolute atomic E-state index is 0.112. The Morgan fingerprint density at radius 3 is 2.39 bits per heavy atom. The Kier molecular flexibility index (Phi) is 5.01. The number of carbonyl (C=O) groups is 1. The van der Waals surface area contributed by atoms with Crippen molar-refractivity contribution >= 4 is 18.1 Å². The molecule has 0 aliphatic heterocycles. The molecule has 4 nitrogen and oxygen atoms in total. The topological polar surface area (TPSA) is 66.8 Å². The summed E-state index contributed by atoms with van der Waals surface area (Å²) in [5.74, 6) is -1.58. The van der Waals surface area contributed by atoms with Crippen molar-refractivity contribution in [2.75, 3.05) is 0 Å². The number of benzene rings is 2. The van der Waals surface area contributed by atoms with Gasteiger partial charge in [-0.15, -0.1) is 0 Å². The molecule has 0 aliphatic rings. The second-order valence-electron chi connectivity index (χ2n) is 5.26. The number of hydrogen-bond acceptors (Lipinski definition) is 3. The zero-order chi connectivity index (χ0) is 17.0. The number of aromatic carboxylic acids is 1. The lowest BCUT2D eigenvalue weighted by atomic mass is 10.0. The summed E-state index contributed by atoms with van der Waals surface area (Å²) >= 11 is 0. The number of halogens is 1. The maximum Gasteiger partial charge on any atom is 0.340 e. The number of carboxylic acids is 1. The second-order valence-corrected chi connectivity index (χ2v) is 5.26. The first-order valence-electron chi connectivity index (χ1n) is 7.07. The Morgan fingerprint density at radius 2 is 1.83 bits per heavy atom. The molecule has 0 aliphatic carbocycles. The van der Waals surface area contributed by atoms with Crippen LogP contribution in [-0.2, 0) is 0 Å². The van der Waals surface area contributed by atoms with Crippen LogP contribution < -0.4 is 4.74 Å². The van der Waals surface area contributed by atoms with Crippen molar-refractivity contribution in [3.05, 3.63) is 58.9 Å². The number of rotatable bonds is 5. The van der Waals surface area contributed by atoms with Crippen molar-refractivity contribution in [2.24, 2.45) is 0 Å². The van der Waals surface area contributed by atoms with Gasteiger partial charge in [-0.3, -0.25) is 0 Å². The van der Waals surface area contributed by atoms with E-state index in [1.807, 2.05) is 13.8 Å². The predicted octanol–water partition coefficient (Wildman–Crippen LogP) is 4.19. The van der Waals surface area contributed by atoms with Crippen molar-refractivity contribution in [1.29, 1.82) is 0 Å². The molecule has 0 amide bonds. The Balaban J connectivity index is 2.43. The first-order valence-corrected chi connectivity index (χ1v) is 7.07. The molecule has 0 fully saturated rings. The van der Waals surface area contributed by atoms with Crippen molar-refractivity contribution in [2.45, 2.75) is 20.0 Å². The van der Waals surface area contributed by atoms with E-state index in [0.717, 1.165) is 0 Å². The van der Waals surface area contributed by atoms with Gasteiger partial charge in [0.2, 0.25) is 0 Å². The summed E-state index contributed by atoms with van der Waals surface area (Å²) in [5.41, 5.74) is 0.800. The SMILES string of the molecule is CC(C)Oc1cc(O)c(C(=O)O)c(C=Cc2ccc(F)cc2)c1. The van der Waals surface area contributed by atoms with Gasteiger partial charge in [0.1, 0.15) is 22.9 Å². The van der Waals surface area contributed by atoms with Gasteiger partial charge >= 0.3 is 5.97 Å². The maximum absolute atomic E-state index is 12.9. The molecule has 2 aromatic rings. The van der Waals surface area contributed by atoms with Gasteiger partial charge in [-0.25, -0.2) is 9.18 Å². The van der Waals surface area contributed by atoms with Crippen LogP contribution >= 0.6 is 0 Å². The molecule has 2 rings (SSSR count). The van der Waals surface area contributed by atoms with Gasteiger partial charge in [-0.1, -0.05) is 24.3 Å². The van der Waals surface area contributed by atoms with Crippen LogP contribution in [0.25, 0.3) is 12.2 Å². The molecule has 120 valence electrons. The van der Waals surface area contributed by atoms with Gasteiger partial charge in [-0.2, -0.15) is 0 Å². The lowest BCUT2D eigenvalue weighted by molar-refractivity contribution is 0.0693. The van der Waals surface area contributed by atoms with E-state index in [9.17, 15) is 19.4 Å². The average molecular weight is 316 g/mol. The van der Waals surface area contributed by atoms with Crippen LogP contribution in [0.15, 0.2) is 36.4 Å². The normalized spacial score (nSPS) is 11.1. The van der Waals surface area contributed by atoms with E-state index in [2.05, 4.69) is 0 Å². The summed E-state index contributed by atoms with van der Waals surface area (Å²) in [6.07, 6.45) is 3.07. The van der Waals surface area contributed by atoms with E-state index in [1.54, 1.807) is 30.4 Å². The molecular weight excluding hydrogens is 299 g/mol. The summed E-state index contributed by atoms with van der Waals surface area (Å²) in [6.45, 7) is 3.66. The van der Waals surface area contributed by atoms with E-state index < -0.39 is 5.97 Å². The number of ether oxygens (including phenoxy) is 1. The van der Waals surface area contributed by atoms with Gasteiger partial charge in [0.05, 0.1) is 6.10 Å². The smallest absolute Gasteiger partial charge is 0.340 e. The zero-order valence-electron chi connectivity index (χ0n) is 12.8. The number of phenols is 1. The standard InChI is InChI=1S/C18H17FO4/c1-11(2)23-15-9-13(17(18(21)22)16(20)10-15)6-3-12-4-7-14(19)8-5-12/h3-11,20H,1-2H3,(H,21,22). The van der Waals surface area contributed by atoms with Gasteiger partial charge in [-0.05, 0) is 43.2 Å². The highest BCUT2D eigenvalue weighted by Gasteiger charge is 2.16. The molecule has 0 unspecified atom stereocenters. The first-order chi connectivity index (χ1) is 10.9. The molecule has 0 bridgehead atoms. The summed E-state index contributed by atoms with van der Waals surface area (Å²) in [6, 6.07) is 8.59. The summed E-state index contributed by atoms with van der Waals surface area (Å²) in [5, 5.41) is 19.2. The maximum atomic E-state index is 12.9. The van der Waals surface area contributed by atoms with Crippen LogP contribution in [0.5, 0.6) is 11.5 Å². The molecule has 5 heteroatoms. The number of hydrogen-bond donors (Lipinski definition) is 2. The van der Waals surface area contributed by atoms with E-state index in [0.29, 0.717) is 16.9 Å². The third-order valence-corrected chi connectivity index (χ3v) is 3.03. The molecule has 0 aromatic heterocycles. The number of aromatic hydroxyl groups is 1. The van der Waals surface area contributed by atoms with Crippen LogP contribution in [0.1, 0.15) is 35.3 Å². The Labute approximate surface area is 133 Å². The second kappa shape index (κ2) is 6.96. The fourth-order valence-electron chi connectivity index (χ4n) is 2.09. The van der Waals surface area contributed by atoms with Crippen LogP contribution in [0.4, 0.5) is 4.39 Å². The minimum atomic E-state index is -1.24. The quantitative estimate of drug-likeness (QED) is 0.812. The zero-order valence-corrected chi connectivity index (χ0v) is 12.8. The van der Waals surface area contributed by atoms with Crippen molar-refractivity contribution < 1.29 is 24.1 Å². The van der Waals surface area contributed by atoms with Crippen LogP contribution in [0.3, 0.4) is 0 Å². The molecule has 0 spiro atoms. The van der Waals surface area contributed by atoms with E-state index in [-0.39, 0.29) is 23.2 Å². The summed E-state index contributed by atoms with van der Waals surface area (Å²) in [7, 11) is 0. The molecule has 0 radical (unpaired) electrons. The fourth-order valence-corrected chi connectivity index (χ4v) is 2.09. The van der Waals surface area contributed by atoms with Crippen LogP contribution in [0.2, 0.25) is 0 Å². The molecule has 23 heavy (non-hydrogen) atoms. The van der Waals surface area contributed by atoms with Crippen molar-refractivity contribution in [3.63, 3.8) is 0 Å². The molecular formula is C18H17FO4. The van der Waals surface area contributed by atoms with Crippen molar-refractivity contribution in [1.82, 2.24) is 0 Å². The van der Waals surface area contributed by atoms with Crippen molar-refractivity contribution in [3.8, 4) is 11.5 Å². The van der Waals surface area contributed by atoms with Gasteiger partial charge < -0.3 is 14.9 Å². The Morgan fingerprint density at radius 1 is 1.17 bits per heavy atom. The molecule has 2 N–H and O–H groups in total. The van der Waals surface area contributed by atoms with Gasteiger partial charge in [0.15, 0.2) is 0 Å².